The van der Waals surface area contributed by atoms with Crippen LogP contribution in [0, 0.1) is 13.8 Å². The van der Waals surface area contributed by atoms with Gasteiger partial charge in [0.15, 0.2) is 0 Å². The lowest BCUT2D eigenvalue weighted by molar-refractivity contribution is -0.0264. The van der Waals surface area contributed by atoms with Crippen molar-refractivity contribution in [3.63, 3.8) is 0 Å². The normalized spacial score (nSPS) is 22.8. The fourth-order valence-electron chi connectivity index (χ4n) is 2.86. The van der Waals surface area contributed by atoms with E-state index in [-0.39, 0.29) is 12.2 Å². The van der Waals surface area contributed by atoms with Crippen molar-refractivity contribution in [3.05, 3.63) is 67.1 Å². The SMILES string of the molecule is Cc1ccc(OP(=O)(O)OC[C@H]2O[C@@H](n3cc(C)c(=O)[nH]c3=O)CC2N=[N+]=[N-])cn1. The molecule has 2 aromatic rings. The van der Waals surface area contributed by atoms with Gasteiger partial charge in [-0.2, -0.15) is 0 Å². The van der Waals surface area contributed by atoms with Gasteiger partial charge in [0, 0.05) is 28.8 Å². The van der Waals surface area contributed by atoms with Crippen molar-refractivity contribution < 1.29 is 23.2 Å². The van der Waals surface area contributed by atoms with Gasteiger partial charge in [-0.3, -0.25) is 28.7 Å². The third-order valence-corrected chi connectivity index (χ3v) is 5.28. The van der Waals surface area contributed by atoms with Gasteiger partial charge in [0.2, 0.25) is 0 Å². The van der Waals surface area contributed by atoms with Gasteiger partial charge in [-0.15, -0.1) is 0 Å². The first kappa shape index (κ1) is 21.8. The topological polar surface area (TPSA) is 182 Å². The lowest BCUT2D eigenvalue weighted by Gasteiger charge is -2.18. The fraction of sp³-hybridized carbons (Fsp3) is 0.438. The summed E-state index contributed by atoms with van der Waals surface area (Å²) in [6.45, 7) is 2.83. The standard InChI is InChI=1S/C16H19N6O7P/c1-9-7-22(16(24)19-15(9)23)14-5-12(20-21-17)13(28-14)8-27-30(25,26)29-11-4-3-10(2)18-6-11/h3-4,6-7,12-14H,5,8H2,1-2H3,(H,25,26)(H,19,23,24)/t12?,13-,14-/m1/s1. The number of rotatable bonds is 7. The van der Waals surface area contributed by atoms with Gasteiger partial charge >= 0.3 is 13.5 Å². The van der Waals surface area contributed by atoms with Crippen LogP contribution in [0.2, 0.25) is 0 Å². The monoisotopic (exact) mass is 438 g/mol. The van der Waals surface area contributed by atoms with Crippen LogP contribution < -0.4 is 15.8 Å². The molecule has 13 nitrogen and oxygen atoms in total. The average Bonchev–Trinajstić information content (AvgIpc) is 3.08. The Morgan fingerprint density at radius 3 is 2.90 bits per heavy atom. The van der Waals surface area contributed by atoms with E-state index < -0.39 is 44.1 Å². The van der Waals surface area contributed by atoms with Crippen LogP contribution in [0.25, 0.3) is 10.4 Å². The summed E-state index contributed by atoms with van der Waals surface area (Å²) in [5.41, 5.74) is 8.56. The van der Waals surface area contributed by atoms with Gasteiger partial charge in [0.25, 0.3) is 5.56 Å². The quantitative estimate of drug-likeness (QED) is 0.283. The molecule has 1 aliphatic rings. The van der Waals surface area contributed by atoms with Gasteiger partial charge < -0.3 is 9.26 Å². The summed E-state index contributed by atoms with van der Waals surface area (Å²) >= 11 is 0. The minimum atomic E-state index is -4.51. The lowest BCUT2D eigenvalue weighted by atomic mass is 10.1. The molecular formula is C16H19N6O7P. The van der Waals surface area contributed by atoms with Crippen molar-refractivity contribution in [1.82, 2.24) is 14.5 Å². The number of pyridine rings is 1. The Morgan fingerprint density at radius 2 is 2.23 bits per heavy atom. The molecule has 0 radical (unpaired) electrons. The number of H-pyrrole nitrogens is 1. The number of aromatic nitrogens is 3. The van der Waals surface area contributed by atoms with E-state index in [0.717, 1.165) is 4.57 Å². The number of nitrogens with zero attached hydrogens (tertiary/aromatic N) is 5. The zero-order valence-corrected chi connectivity index (χ0v) is 16.9. The average molecular weight is 438 g/mol. The zero-order chi connectivity index (χ0) is 21.9. The molecule has 2 N–H and O–H groups in total. The second kappa shape index (κ2) is 8.82. The highest BCUT2D eigenvalue weighted by Gasteiger charge is 2.38. The van der Waals surface area contributed by atoms with Crippen molar-refractivity contribution in [3.8, 4) is 5.75 Å². The molecule has 0 aliphatic carbocycles. The molecule has 1 saturated heterocycles. The highest BCUT2D eigenvalue weighted by molar-refractivity contribution is 7.47. The Kier molecular flexibility index (Phi) is 6.40. The van der Waals surface area contributed by atoms with Gasteiger partial charge in [-0.05, 0) is 31.5 Å². The van der Waals surface area contributed by atoms with Gasteiger partial charge in [-0.1, -0.05) is 5.11 Å². The number of azide groups is 1. The molecule has 4 atom stereocenters. The molecule has 2 aromatic heterocycles. The highest BCUT2D eigenvalue weighted by Crippen LogP contribution is 2.44. The zero-order valence-electron chi connectivity index (χ0n) is 16.0. The van der Waals surface area contributed by atoms with Crippen LogP contribution in [0.5, 0.6) is 5.75 Å². The van der Waals surface area contributed by atoms with E-state index in [4.69, 9.17) is 19.3 Å². The minimum Gasteiger partial charge on any atom is -0.402 e. The Morgan fingerprint density at radius 1 is 1.47 bits per heavy atom. The molecule has 1 aliphatic heterocycles. The van der Waals surface area contributed by atoms with Crippen LogP contribution in [0.3, 0.4) is 0 Å². The smallest absolute Gasteiger partial charge is 0.402 e. The first-order valence-corrected chi connectivity index (χ1v) is 10.3. The van der Waals surface area contributed by atoms with E-state index in [9.17, 15) is 19.0 Å². The summed E-state index contributed by atoms with van der Waals surface area (Å²) in [4.78, 5) is 42.4. The molecule has 0 saturated carbocycles. The van der Waals surface area contributed by atoms with E-state index in [1.165, 1.54) is 25.4 Å². The molecule has 0 spiro atoms. The second-order valence-corrected chi connectivity index (χ2v) is 7.98. The number of ether oxygens (including phenoxy) is 1. The number of aromatic amines is 1. The van der Waals surface area contributed by atoms with E-state index in [0.29, 0.717) is 11.3 Å². The molecule has 2 unspecified atom stereocenters. The Hall–Kier alpha value is -2.95. The summed E-state index contributed by atoms with van der Waals surface area (Å²) in [6.07, 6.45) is 0.911. The van der Waals surface area contributed by atoms with Gasteiger partial charge in [-0.25, -0.2) is 9.36 Å². The van der Waals surface area contributed by atoms with Crippen molar-refractivity contribution in [1.29, 1.82) is 0 Å². The molecule has 0 bridgehead atoms. The van der Waals surface area contributed by atoms with Crippen molar-refractivity contribution in [2.75, 3.05) is 6.61 Å². The summed E-state index contributed by atoms with van der Waals surface area (Å²) < 4.78 is 29.0. The predicted molar refractivity (Wildman–Crippen MR) is 103 cm³/mol. The maximum absolute atomic E-state index is 12.2. The third kappa shape index (κ3) is 5.15. The molecule has 3 rings (SSSR count). The van der Waals surface area contributed by atoms with Gasteiger partial charge in [0.1, 0.15) is 12.0 Å². The maximum atomic E-state index is 12.2. The molecular weight excluding hydrogens is 419 g/mol. The third-order valence-electron chi connectivity index (χ3n) is 4.37. The lowest BCUT2D eigenvalue weighted by Crippen LogP contribution is -2.33. The number of aryl methyl sites for hydroxylation is 2. The van der Waals surface area contributed by atoms with Crippen molar-refractivity contribution in [2.24, 2.45) is 5.11 Å². The van der Waals surface area contributed by atoms with Crippen LogP contribution in [-0.4, -0.2) is 38.2 Å². The van der Waals surface area contributed by atoms with Crippen LogP contribution >= 0.6 is 7.82 Å². The Bertz CT molecular complexity index is 1120. The Labute approximate surface area is 169 Å². The van der Waals surface area contributed by atoms with Crippen LogP contribution in [-0.2, 0) is 13.8 Å². The highest BCUT2D eigenvalue weighted by atomic mass is 31.2. The predicted octanol–water partition coefficient (Wildman–Crippen LogP) is 1.71. The van der Waals surface area contributed by atoms with Crippen molar-refractivity contribution in [2.45, 2.75) is 38.6 Å². The van der Waals surface area contributed by atoms with Crippen molar-refractivity contribution >= 4 is 7.82 Å². The summed E-state index contributed by atoms with van der Waals surface area (Å²) in [5, 5.41) is 3.61. The molecule has 14 heteroatoms. The summed E-state index contributed by atoms with van der Waals surface area (Å²) in [7, 11) is -4.51. The fourth-order valence-corrected chi connectivity index (χ4v) is 3.62. The summed E-state index contributed by atoms with van der Waals surface area (Å²) in [6, 6.07) is 2.28. The van der Waals surface area contributed by atoms with Crippen LogP contribution in [0.15, 0.2) is 39.2 Å². The molecule has 160 valence electrons. The van der Waals surface area contributed by atoms with Crippen LogP contribution in [0.4, 0.5) is 0 Å². The Balaban J connectivity index is 1.71. The second-order valence-electron chi connectivity index (χ2n) is 6.61. The van der Waals surface area contributed by atoms with Crippen LogP contribution in [0.1, 0.15) is 23.9 Å². The van der Waals surface area contributed by atoms with Gasteiger partial charge in [0.05, 0.1) is 24.9 Å². The van der Waals surface area contributed by atoms with E-state index in [2.05, 4.69) is 20.0 Å². The molecule has 0 amide bonds. The number of phosphoric acid groups is 1. The number of hydrogen-bond donors (Lipinski definition) is 2. The van der Waals surface area contributed by atoms with E-state index in [1.807, 2.05) is 0 Å². The molecule has 1 fully saturated rings. The molecule has 0 aromatic carbocycles. The largest absolute Gasteiger partial charge is 0.527 e. The number of phosphoric ester groups is 1. The van der Waals surface area contributed by atoms with E-state index >= 15 is 0 Å². The molecule has 3 heterocycles. The van der Waals surface area contributed by atoms with E-state index in [1.54, 1.807) is 13.0 Å². The first-order chi connectivity index (χ1) is 14.2. The summed E-state index contributed by atoms with van der Waals surface area (Å²) in [5.74, 6) is 0.0403. The maximum Gasteiger partial charge on any atom is 0.527 e. The first-order valence-electron chi connectivity index (χ1n) is 8.80. The molecule has 30 heavy (non-hydrogen) atoms. The number of hydrogen-bond acceptors (Lipinski definition) is 8. The minimum absolute atomic E-state index is 0.0403. The number of nitrogens with one attached hydrogen (secondary N) is 1.